The number of hydrogen-bond acceptors (Lipinski definition) is 6. The smallest absolute Gasteiger partial charge is 0.347 e. The van der Waals surface area contributed by atoms with Gasteiger partial charge in [-0.05, 0) is 68.7 Å². The van der Waals surface area contributed by atoms with Crippen molar-refractivity contribution in [2.24, 2.45) is 5.10 Å². The van der Waals surface area contributed by atoms with Gasteiger partial charge in [-0.15, -0.1) is 0 Å². The third-order valence-corrected chi connectivity index (χ3v) is 6.79. The molecule has 1 atom stereocenters. The van der Waals surface area contributed by atoms with Crippen LogP contribution in [0.15, 0.2) is 50.8 Å². The molecular weight excluding hydrogens is 534 g/mol. The van der Waals surface area contributed by atoms with Crippen LogP contribution in [-0.4, -0.2) is 34.6 Å². The van der Waals surface area contributed by atoms with E-state index in [0.29, 0.717) is 33.1 Å². The molecule has 0 amide bonds. The van der Waals surface area contributed by atoms with Crippen LogP contribution < -0.4 is 10.3 Å². The molecule has 0 unspecified atom stereocenters. The minimum atomic E-state index is -0.786. The first-order chi connectivity index (χ1) is 16.9. The lowest BCUT2D eigenvalue weighted by Crippen LogP contribution is -2.26. The second-order valence-corrected chi connectivity index (χ2v) is 9.85. The molecule has 3 aromatic rings. The Morgan fingerprint density at radius 1 is 1.26 bits per heavy atom. The number of carbonyl (C=O) groups excluding carboxylic acids is 1. The van der Waals surface area contributed by atoms with Crippen molar-refractivity contribution < 1.29 is 14.3 Å². The predicted octanol–water partition coefficient (Wildman–Crippen LogP) is 6.07. The molecule has 0 bridgehead atoms. The van der Waals surface area contributed by atoms with E-state index in [-0.39, 0.29) is 18.1 Å². The molecule has 9 heteroatoms. The van der Waals surface area contributed by atoms with Gasteiger partial charge in [0.1, 0.15) is 11.6 Å². The quantitative estimate of drug-likeness (QED) is 0.259. The highest BCUT2D eigenvalue weighted by Gasteiger charge is 2.22. The van der Waals surface area contributed by atoms with Crippen LogP contribution in [-0.2, 0) is 9.53 Å². The zero-order valence-electron chi connectivity index (χ0n) is 19.7. The van der Waals surface area contributed by atoms with Gasteiger partial charge < -0.3 is 9.47 Å². The minimum absolute atomic E-state index is 0.186. The third-order valence-electron chi connectivity index (χ3n) is 6.00. The summed E-state index contributed by atoms with van der Waals surface area (Å²) in [5.74, 6) is 0.779. The second kappa shape index (κ2) is 11.4. The Bertz CT molecular complexity index is 1320. The minimum Gasteiger partial charge on any atom is -0.477 e. The normalized spacial score (nSPS) is 15.4. The lowest BCUT2D eigenvalue weighted by Gasteiger charge is -2.22. The molecule has 4 rings (SSSR count). The zero-order valence-corrected chi connectivity index (χ0v) is 22.0. The molecule has 1 saturated carbocycles. The van der Waals surface area contributed by atoms with Gasteiger partial charge in [0.2, 0.25) is 0 Å². The molecule has 184 valence electrons. The Labute approximate surface area is 217 Å². The Morgan fingerprint density at radius 3 is 2.74 bits per heavy atom. The SMILES string of the molecule is CCOC(=O)[C@@H](C)Oc1ccc(C=Nn2c(C3CCCCC3)nc3ccc(Br)cc3c2=O)cc1Cl. The van der Waals surface area contributed by atoms with Gasteiger partial charge in [-0.25, -0.2) is 9.78 Å². The second-order valence-electron chi connectivity index (χ2n) is 8.53. The molecule has 0 aliphatic heterocycles. The highest BCUT2D eigenvalue weighted by Crippen LogP contribution is 2.32. The number of benzene rings is 2. The number of ether oxygens (including phenoxy) is 2. The molecule has 35 heavy (non-hydrogen) atoms. The molecule has 0 spiro atoms. The van der Waals surface area contributed by atoms with Crippen molar-refractivity contribution in [1.29, 1.82) is 0 Å². The molecule has 1 heterocycles. The van der Waals surface area contributed by atoms with Crippen molar-refractivity contribution in [3.63, 3.8) is 0 Å². The molecule has 1 aliphatic carbocycles. The summed E-state index contributed by atoms with van der Waals surface area (Å²) in [7, 11) is 0. The Balaban J connectivity index is 1.66. The first kappa shape index (κ1) is 25.4. The molecule has 1 aromatic heterocycles. The fourth-order valence-corrected chi connectivity index (χ4v) is 4.81. The monoisotopic (exact) mass is 559 g/mol. The molecular formula is C26H27BrClN3O4. The third kappa shape index (κ3) is 5.93. The van der Waals surface area contributed by atoms with Crippen LogP contribution in [0.1, 0.15) is 63.3 Å². The lowest BCUT2D eigenvalue weighted by molar-refractivity contribution is -0.150. The number of esters is 1. The van der Waals surface area contributed by atoms with Crippen LogP contribution in [0.2, 0.25) is 5.02 Å². The van der Waals surface area contributed by atoms with E-state index in [4.69, 9.17) is 26.1 Å². The topological polar surface area (TPSA) is 82.8 Å². The van der Waals surface area contributed by atoms with Gasteiger partial charge in [0, 0.05) is 10.4 Å². The van der Waals surface area contributed by atoms with Crippen LogP contribution in [0.3, 0.4) is 0 Å². The fraction of sp³-hybridized carbons (Fsp3) is 0.385. The predicted molar refractivity (Wildman–Crippen MR) is 141 cm³/mol. The Kier molecular flexibility index (Phi) is 8.23. The van der Waals surface area contributed by atoms with E-state index in [0.717, 1.165) is 30.2 Å². The summed E-state index contributed by atoms with van der Waals surface area (Å²) in [4.78, 5) is 30.1. The van der Waals surface area contributed by atoms with Crippen LogP contribution in [0.4, 0.5) is 0 Å². The fourth-order valence-electron chi connectivity index (χ4n) is 4.22. The van der Waals surface area contributed by atoms with Crippen molar-refractivity contribution in [3.8, 4) is 5.75 Å². The molecule has 0 saturated heterocycles. The molecule has 0 radical (unpaired) electrons. The summed E-state index contributed by atoms with van der Waals surface area (Å²) < 4.78 is 12.8. The first-order valence-corrected chi connectivity index (χ1v) is 12.9. The van der Waals surface area contributed by atoms with Crippen molar-refractivity contribution >= 4 is 50.6 Å². The summed E-state index contributed by atoms with van der Waals surface area (Å²) in [5, 5.41) is 5.37. The van der Waals surface area contributed by atoms with E-state index in [1.54, 1.807) is 44.3 Å². The number of carbonyl (C=O) groups is 1. The largest absolute Gasteiger partial charge is 0.477 e. The van der Waals surface area contributed by atoms with E-state index >= 15 is 0 Å². The summed E-state index contributed by atoms with van der Waals surface area (Å²) >= 11 is 9.83. The number of hydrogen-bond donors (Lipinski definition) is 0. The average molecular weight is 561 g/mol. The lowest BCUT2D eigenvalue weighted by atomic mass is 9.88. The van der Waals surface area contributed by atoms with Crippen LogP contribution >= 0.6 is 27.5 Å². The van der Waals surface area contributed by atoms with Crippen molar-refractivity contribution in [3.05, 3.63) is 67.6 Å². The number of aromatic nitrogens is 2. The Morgan fingerprint density at radius 2 is 2.03 bits per heavy atom. The highest BCUT2D eigenvalue weighted by atomic mass is 79.9. The van der Waals surface area contributed by atoms with E-state index in [1.807, 2.05) is 12.1 Å². The van der Waals surface area contributed by atoms with Crippen LogP contribution in [0.25, 0.3) is 10.9 Å². The summed E-state index contributed by atoms with van der Waals surface area (Å²) in [6, 6.07) is 10.6. The molecule has 1 aliphatic rings. The highest BCUT2D eigenvalue weighted by molar-refractivity contribution is 9.10. The van der Waals surface area contributed by atoms with Crippen molar-refractivity contribution in [2.45, 2.75) is 58.0 Å². The van der Waals surface area contributed by atoms with E-state index in [2.05, 4.69) is 21.0 Å². The molecule has 1 fully saturated rings. The van der Waals surface area contributed by atoms with Crippen molar-refractivity contribution in [1.82, 2.24) is 9.66 Å². The van der Waals surface area contributed by atoms with E-state index < -0.39 is 12.1 Å². The van der Waals surface area contributed by atoms with Gasteiger partial charge in [0.25, 0.3) is 5.56 Å². The summed E-state index contributed by atoms with van der Waals surface area (Å²) in [5.41, 5.74) is 1.15. The maximum atomic E-state index is 13.4. The van der Waals surface area contributed by atoms with E-state index in [9.17, 15) is 9.59 Å². The van der Waals surface area contributed by atoms with Crippen LogP contribution in [0, 0.1) is 0 Å². The van der Waals surface area contributed by atoms with Gasteiger partial charge in [-0.2, -0.15) is 9.78 Å². The molecule has 2 aromatic carbocycles. The number of nitrogens with zero attached hydrogens (tertiary/aromatic N) is 3. The van der Waals surface area contributed by atoms with Gasteiger partial charge in [-0.3, -0.25) is 4.79 Å². The summed E-state index contributed by atoms with van der Waals surface area (Å²) in [6.45, 7) is 3.62. The standard InChI is InChI=1S/C26H27BrClN3O4/c1-3-34-26(33)16(2)35-23-12-9-17(13-21(23)28)15-29-31-24(18-7-5-4-6-8-18)30-22-11-10-19(27)14-20(22)25(31)32/h9-16,18H,3-8H2,1-2H3/t16-/m1/s1. The Hall–Kier alpha value is -2.71. The average Bonchev–Trinajstić information content (AvgIpc) is 2.86. The van der Waals surface area contributed by atoms with Crippen LogP contribution in [0.5, 0.6) is 5.75 Å². The maximum Gasteiger partial charge on any atom is 0.347 e. The van der Waals surface area contributed by atoms with Gasteiger partial charge in [-0.1, -0.05) is 46.8 Å². The molecule has 0 N–H and O–H groups in total. The zero-order chi connectivity index (χ0) is 24.9. The van der Waals surface area contributed by atoms with Gasteiger partial charge >= 0.3 is 5.97 Å². The van der Waals surface area contributed by atoms with Gasteiger partial charge in [0.15, 0.2) is 6.10 Å². The van der Waals surface area contributed by atoms with Crippen molar-refractivity contribution in [2.75, 3.05) is 6.61 Å². The molecule has 7 nitrogen and oxygen atoms in total. The number of halogens is 2. The first-order valence-electron chi connectivity index (χ1n) is 11.8. The van der Waals surface area contributed by atoms with Gasteiger partial charge in [0.05, 0.1) is 28.7 Å². The number of fused-ring (bicyclic) bond motifs is 1. The maximum absolute atomic E-state index is 13.4. The number of rotatable bonds is 7. The van der Waals surface area contributed by atoms with E-state index in [1.165, 1.54) is 11.1 Å². The summed E-state index contributed by atoms with van der Waals surface area (Å²) in [6.07, 6.45) is 6.21.